The number of thioether (sulfide) groups is 1. The number of aryl methyl sites for hydroxylation is 1. The lowest BCUT2D eigenvalue weighted by Crippen LogP contribution is -2.25. The average molecular weight is 293 g/mol. The van der Waals surface area contributed by atoms with Crippen LogP contribution in [0.4, 0.5) is 8.78 Å². The SMILES string of the molecule is Cc1cc(F)ccc1CC(N)CSc1cccc(F)c1. The Morgan fingerprint density at radius 2 is 1.85 bits per heavy atom. The molecule has 2 aromatic rings. The van der Waals surface area contributed by atoms with E-state index in [2.05, 4.69) is 0 Å². The van der Waals surface area contributed by atoms with Crippen molar-refractivity contribution in [2.24, 2.45) is 5.73 Å². The van der Waals surface area contributed by atoms with Gasteiger partial charge in [-0.1, -0.05) is 12.1 Å². The predicted octanol–water partition coefficient (Wildman–Crippen LogP) is 3.94. The van der Waals surface area contributed by atoms with Gasteiger partial charge in [0.2, 0.25) is 0 Å². The summed E-state index contributed by atoms with van der Waals surface area (Å²) in [6.07, 6.45) is 0.689. The van der Waals surface area contributed by atoms with E-state index in [0.29, 0.717) is 12.2 Å². The lowest BCUT2D eigenvalue weighted by Gasteiger charge is -2.13. The first-order valence-corrected chi connectivity index (χ1v) is 7.42. The highest BCUT2D eigenvalue weighted by Crippen LogP contribution is 2.20. The van der Waals surface area contributed by atoms with E-state index in [9.17, 15) is 8.78 Å². The first-order valence-electron chi connectivity index (χ1n) is 6.43. The monoisotopic (exact) mass is 293 g/mol. The molecule has 0 aliphatic rings. The number of halogens is 2. The summed E-state index contributed by atoms with van der Waals surface area (Å²) in [7, 11) is 0. The molecule has 0 saturated carbocycles. The van der Waals surface area contributed by atoms with Crippen molar-refractivity contribution in [3.8, 4) is 0 Å². The summed E-state index contributed by atoms with van der Waals surface area (Å²) in [6.45, 7) is 1.88. The molecule has 0 aromatic heterocycles. The fourth-order valence-corrected chi connectivity index (χ4v) is 2.88. The molecular weight excluding hydrogens is 276 g/mol. The minimum atomic E-state index is -0.238. The minimum Gasteiger partial charge on any atom is -0.327 e. The zero-order valence-electron chi connectivity index (χ0n) is 11.3. The van der Waals surface area contributed by atoms with E-state index >= 15 is 0 Å². The van der Waals surface area contributed by atoms with Crippen LogP contribution in [-0.4, -0.2) is 11.8 Å². The number of rotatable bonds is 5. The van der Waals surface area contributed by atoms with Crippen LogP contribution in [0.2, 0.25) is 0 Å². The van der Waals surface area contributed by atoms with E-state index < -0.39 is 0 Å². The molecule has 0 saturated heterocycles. The van der Waals surface area contributed by atoms with Crippen LogP contribution in [0.5, 0.6) is 0 Å². The zero-order valence-corrected chi connectivity index (χ0v) is 12.1. The van der Waals surface area contributed by atoms with Crippen LogP contribution < -0.4 is 5.73 Å². The molecular formula is C16H17F2NS. The number of benzene rings is 2. The molecule has 0 aliphatic carbocycles. The molecule has 20 heavy (non-hydrogen) atoms. The van der Waals surface area contributed by atoms with Gasteiger partial charge < -0.3 is 5.73 Å². The lowest BCUT2D eigenvalue weighted by molar-refractivity contribution is 0.624. The molecule has 0 aliphatic heterocycles. The van der Waals surface area contributed by atoms with Crippen molar-refractivity contribution in [2.75, 3.05) is 5.75 Å². The summed E-state index contributed by atoms with van der Waals surface area (Å²) in [5.74, 6) is 0.229. The molecule has 0 amide bonds. The Morgan fingerprint density at radius 1 is 1.10 bits per heavy atom. The maximum Gasteiger partial charge on any atom is 0.124 e. The summed E-state index contributed by atoms with van der Waals surface area (Å²) < 4.78 is 26.1. The van der Waals surface area contributed by atoms with Gasteiger partial charge in [0.05, 0.1) is 0 Å². The Morgan fingerprint density at radius 3 is 2.55 bits per heavy atom. The molecule has 0 bridgehead atoms. The maximum absolute atomic E-state index is 13.0. The first kappa shape index (κ1) is 15.0. The molecule has 2 rings (SSSR count). The number of hydrogen-bond donors (Lipinski definition) is 1. The topological polar surface area (TPSA) is 26.0 Å². The fourth-order valence-electron chi connectivity index (χ4n) is 1.99. The second kappa shape index (κ2) is 6.86. The van der Waals surface area contributed by atoms with Gasteiger partial charge in [-0.15, -0.1) is 11.8 Å². The minimum absolute atomic E-state index is 0.0487. The van der Waals surface area contributed by atoms with Gasteiger partial charge in [0.15, 0.2) is 0 Å². The van der Waals surface area contributed by atoms with Crippen molar-refractivity contribution in [1.29, 1.82) is 0 Å². The van der Waals surface area contributed by atoms with Gasteiger partial charge in [-0.2, -0.15) is 0 Å². The van der Waals surface area contributed by atoms with E-state index in [1.807, 2.05) is 13.0 Å². The van der Waals surface area contributed by atoms with Gasteiger partial charge in [0, 0.05) is 16.7 Å². The highest BCUT2D eigenvalue weighted by Gasteiger charge is 2.08. The Balaban J connectivity index is 1.90. The quantitative estimate of drug-likeness (QED) is 0.845. The third-order valence-corrected chi connectivity index (χ3v) is 4.23. The van der Waals surface area contributed by atoms with E-state index in [0.717, 1.165) is 16.0 Å². The van der Waals surface area contributed by atoms with Gasteiger partial charge in [-0.25, -0.2) is 8.78 Å². The third-order valence-electron chi connectivity index (χ3n) is 3.05. The molecule has 0 fully saturated rings. The number of nitrogens with two attached hydrogens (primary N) is 1. The van der Waals surface area contributed by atoms with Crippen LogP contribution in [-0.2, 0) is 6.42 Å². The van der Waals surface area contributed by atoms with Crippen molar-refractivity contribution in [1.82, 2.24) is 0 Å². The molecule has 1 nitrogen and oxygen atoms in total. The zero-order chi connectivity index (χ0) is 14.5. The second-order valence-electron chi connectivity index (χ2n) is 4.80. The van der Waals surface area contributed by atoms with E-state index in [4.69, 9.17) is 5.73 Å². The van der Waals surface area contributed by atoms with Crippen LogP contribution >= 0.6 is 11.8 Å². The number of hydrogen-bond acceptors (Lipinski definition) is 2. The third kappa shape index (κ3) is 4.32. The maximum atomic E-state index is 13.0. The molecule has 0 radical (unpaired) electrons. The van der Waals surface area contributed by atoms with Crippen LogP contribution in [0, 0.1) is 18.6 Å². The Labute approximate surface area is 122 Å². The van der Waals surface area contributed by atoms with Crippen molar-refractivity contribution in [3.63, 3.8) is 0 Å². The van der Waals surface area contributed by atoms with Crippen molar-refractivity contribution in [3.05, 3.63) is 65.2 Å². The summed E-state index contributed by atoms with van der Waals surface area (Å²) >= 11 is 1.53. The van der Waals surface area contributed by atoms with Gasteiger partial charge in [-0.05, 0) is 54.8 Å². The van der Waals surface area contributed by atoms with Gasteiger partial charge in [-0.3, -0.25) is 0 Å². The molecule has 2 aromatic carbocycles. The summed E-state index contributed by atoms with van der Waals surface area (Å²) in [4.78, 5) is 0.872. The molecule has 4 heteroatoms. The first-order chi connectivity index (χ1) is 9.54. The molecule has 2 N–H and O–H groups in total. The second-order valence-corrected chi connectivity index (χ2v) is 5.90. The summed E-state index contributed by atoms with van der Waals surface area (Å²) in [6, 6.07) is 11.2. The van der Waals surface area contributed by atoms with Crippen molar-refractivity contribution in [2.45, 2.75) is 24.3 Å². The van der Waals surface area contributed by atoms with Crippen LogP contribution in [0.15, 0.2) is 47.4 Å². The Hall–Kier alpha value is -1.39. The van der Waals surface area contributed by atoms with Gasteiger partial charge in [0.1, 0.15) is 11.6 Å². The molecule has 1 unspecified atom stereocenters. The predicted molar refractivity (Wildman–Crippen MR) is 79.9 cm³/mol. The lowest BCUT2D eigenvalue weighted by atomic mass is 10.0. The van der Waals surface area contributed by atoms with E-state index in [1.54, 1.807) is 12.1 Å². The normalized spacial score (nSPS) is 12.4. The average Bonchev–Trinajstić information content (AvgIpc) is 2.40. The fraction of sp³-hybridized carbons (Fsp3) is 0.250. The largest absolute Gasteiger partial charge is 0.327 e. The molecule has 1 atom stereocenters. The van der Waals surface area contributed by atoms with E-state index in [-0.39, 0.29) is 17.7 Å². The highest BCUT2D eigenvalue weighted by molar-refractivity contribution is 7.99. The highest BCUT2D eigenvalue weighted by atomic mass is 32.2. The Kier molecular flexibility index (Phi) is 5.15. The van der Waals surface area contributed by atoms with Gasteiger partial charge >= 0.3 is 0 Å². The summed E-state index contributed by atoms with van der Waals surface area (Å²) in [5, 5.41) is 0. The van der Waals surface area contributed by atoms with Crippen LogP contribution in [0.3, 0.4) is 0 Å². The van der Waals surface area contributed by atoms with Crippen LogP contribution in [0.25, 0.3) is 0 Å². The smallest absolute Gasteiger partial charge is 0.124 e. The van der Waals surface area contributed by atoms with Gasteiger partial charge in [0.25, 0.3) is 0 Å². The summed E-state index contributed by atoms with van der Waals surface area (Å²) in [5.41, 5.74) is 8.06. The Bertz CT molecular complexity index is 586. The molecule has 0 spiro atoms. The van der Waals surface area contributed by atoms with E-state index in [1.165, 1.54) is 36.0 Å². The molecule has 0 heterocycles. The van der Waals surface area contributed by atoms with Crippen molar-refractivity contribution >= 4 is 11.8 Å². The molecule has 106 valence electrons. The van der Waals surface area contributed by atoms with Crippen molar-refractivity contribution < 1.29 is 8.78 Å². The van der Waals surface area contributed by atoms with Crippen LogP contribution in [0.1, 0.15) is 11.1 Å². The standard InChI is InChI=1S/C16H17F2NS/c1-11-7-14(18)6-5-12(11)8-15(19)10-20-16-4-2-3-13(17)9-16/h2-7,9,15H,8,10,19H2,1H3.